The summed E-state index contributed by atoms with van der Waals surface area (Å²) in [7, 11) is 1.50. The second-order valence-corrected chi connectivity index (χ2v) is 4.98. The minimum Gasteiger partial charge on any atom is -0.485 e. The van der Waals surface area contributed by atoms with Gasteiger partial charge in [-0.2, -0.15) is 0 Å². The van der Waals surface area contributed by atoms with Crippen LogP contribution in [0.3, 0.4) is 0 Å². The Bertz CT molecular complexity index is 648. The molecule has 0 fully saturated rings. The largest absolute Gasteiger partial charge is 0.485 e. The average Bonchev–Trinajstić information content (AvgIpc) is 2.93. The zero-order valence-electron chi connectivity index (χ0n) is 11.9. The number of ether oxygens (including phenoxy) is 1. The zero-order chi connectivity index (χ0) is 15.8. The lowest BCUT2D eigenvalue weighted by Crippen LogP contribution is -2.04. The quantitative estimate of drug-likeness (QED) is 0.501. The number of aldehydes is 2. The molecule has 0 saturated carbocycles. The Kier molecular flexibility index (Phi) is 6.71. The van der Waals surface area contributed by atoms with Crippen LogP contribution in [-0.2, 0) is 16.0 Å². The van der Waals surface area contributed by atoms with Crippen LogP contribution in [0.15, 0.2) is 18.2 Å². The number of thiophene rings is 1. The summed E-state index contributed by atoms with van der Waals surface area (Å²) in [4.78, 5) is 33.9. The van der Waals surface area contributed by atoms with Gasteiger partial charge in [0.05, 0.1) is 5.56 Å². The van der Waals surface area contributed by atoms with Crippen LogP contribution >= 0.6 is 11.3 Å². The van der Waals surface area contributed by atoms with E-state index in [1.54, 1.807) is 12.1 Å². The van der Waals surface area contributed by atoms with Gasteiger partial charge in [-0.15, -0.1) is 11.3 Å². The van der Waals surface area contributed by atoms with Crippen molar-refractivity contribution < 1.29 is 19.1 Å². The molecule has 2 aromatic rings. The second-order valence-electron chi connectivity index (χ2n) is 3.84. The molecule has 0 atom stereocenters. The minimum atomic E-state index is -0.551. The van der Waals surface area contributed by atoms with Gasteiger partial charge in [0.25, 0.3) is 0 Å². The Morgan fingerprint density at radius 1 is 1.33 bits per heavy atom. The molecule has 0 aliphatic carbocycles. The van der Waals surface area contributed by atoms with Crippen molar-refractivity contribution in [1.82, 2.24) is 0 Å². The Balaban J connectivity index is 0.00000106. The van der Waals surface area contributed by atoms with E-state index in [1.807, 2.05) is 13.0 Å². The van der Waals surface area contributed by atoms with E-state index in [2.05, 4.69) is 5.73 Å². The molecule has 1 heterocycles. The number of carbonyl (C=O) groups is 3. The highest BCUT2D eigenvalue weighted by Gasteiger charge is 2.20. The molecule has 6 heteroatoms. The van der Waals surface area contributed by atoms with Crippen LogP contribution < -0.4 is 10.5 Å². The van der Waals surface area contributed by atoms with E-state index < -0.39 is 5.78 Å². The first kappa shape index (κ1) is 17.0. The molecular formula is C15H17NO4S. The lowest BCUT2D eigenvalue weighted by Gasteiger charge is -2.05. The van der Waals surface area contributed by atoms with Crippen LogP contribution in [0, 0.1) is 0 Å². The molecule has 0 aliphatic heterocycles. The smallest absolute Gasteiger partial charge is 0.227 e. The molecule has 0 unspecified atom stereocenters. The third-order valence-corrected chi connectivity index (χ3v) is 4.03. The summed E-state index contributed by atoms with van der Waals surface area (Å²) >= 11 is 1.47. The molecule has 0 aliphatic rings. The third kappa shape index (κ3) is 3.53. The standard InChI is InChI=1S/C14H12O4S.CH5N/c1-2-11-13(9(17)8-16)14-10(18-7-6-15)4-3-5-12(14)19-11;1-2/h3-6,8H,2,7H2,1H3;2H2,1H3. The van der Waals surface area contributed by atoms with Crippen LogP contribution in [0.2, 0.25) is 0 Å². The zero-order valence-corrected chi connectivity index (χ0v) is 12.7. The summed E-state index contributed by atoms with van der Waals surface area (Å²) < 4.78 is 6.21. The first-order chi connectivity index (χ1) is 10.2. The second kappa shape index (κ2) is 8.28. The highest BCUT2D eigenvalue weighted by molar-refractivity contribution is 7.19. The average molecular weight is 307 g/mol. The Morgan fingerprint density at radius 2 is 2.05 bits per heavy atom. The fraction of sp³-hybridized carbons (Fsp3) is 0.267. The van der Waals surface area contributed by atoms with Crippen molar-refractivity contribution in [3.8, 4) is 5.75 Å². The van der Waals surface area contributed by atoms with Crippen LogP contribution in [0.4, 0.5) is 0 Å². The van der Waals surface area contributed by atoms with Crippen LogP contribution in [0.25, 0.3) is 10.1 Å². The number of ketones is 1. The molecule has 21 heavy (non-hydrogen) atoms. The van der Waals surface area contributed by atoms with Crippen molar-refractivity contribution in [1.29, 1.82) is 0 Å². The fourth-order valence-corrected chi connectivity index (χ4v) is 3.14. The number of nitrogens with two attached hydrogens (primary N) is 1. The molecule has 5 nitrogen and oxygen atoms in total. The van der Waals surface area contributed by atoms with Gasteiger partial charge in [-0.1, -0.05) is 13.0 Å². The number of rotatable bonds is 6. The van der Waals surface area contributed by atoms with E-state index in [0.717, 1.165) is 9.58 Å². The molecule has 112 valence electrons. The number of hydrogen-bond donors (Lipinski definition) is 1. The van der Waals surface area contributed by atoms with Gasteiger partial charge in [0, 0.05) is 15.0 Å². The van der Waals surface area contributed by atoms with Gasteiger partial charge < -0.3 is 10.5 Å². The number of aryl methyl sites for hydroxylation is 1. The summed E-state index contributed by atoms with van der Waals surface area (Å²) in [5.74, 6) is -0.0870. The van der Waals surface area contributed by atoms with E-state index in [0.29, 0.717) is 35.7 Å². The van der Waals surface area contributed by atoms with Crippen LogP contribution in [-0.4, -0.2) is 32.0 Å². The minimum absolute atomic E-state index is 0.0782. The van der Waals surface area contributed by atoms with E-state index in [1.165, 1.54) is 18.4 Å². The van der Waals surface area contributed by atoms with Gasteiger partial charge in [-0.25, -0.2) is 0 Å². The summed E-state index contributed by atoms with van der Waals surface area (Å²) in [6, 6.07) is 5.36. The summed E-state index contributed by atoms with van der Waals surface area (Å²) in [5.41, 5.74) is 4.90. The number of fused-ring (bicyclic) bond motifs is 1. The molecule has 0 saturated heterocycles. The Morgan fingerprint density at radius 3 is 2.62 bits per heavy atom. The molecule has 1 aromatic heterocycles. The Labute approximate surface area is 126 Å². The number of hydrogen-bond acceptors (Lipinski definition) is 6. The van der Waals surface area contributed by atoms with Crippen molar-refractivity contribution in [2.45, 2.75) is 13.3 Å². The van der Waals surface area contributed by atoms with Gasteiger partial charge in [0.1, 0.15) is 12.4 Å². The molecule has 2 N–H and O–H groups in total. The van der Waals surface area contributed by atoms with Crippen molar-refractivity contribution in [2.24, 2.45) is 5.73 Å². The summed E-state index contributed by atoms with van der Waals surface area (Å²) in [6.45, 7) is 1.85. The first-order valence-electron chi connectivity index (χ1n) is 6.41. The topological polar surface area (TPSA) is 86.5 Å². The van der Waals surface area contributed by atoms with Crippen molar-refractivity contribution >= 4 is 39.8 Å². The van der Waals surface area contributed by atoms with Crippen molar-refractivity contribution in [3.63, 3.8) is 0 Å². The fourth-order valence-electron chi connectivity index (χ4n) is 1.98. The first-order valence-corrected chi connectivity index (χ1v) is 7.22. The number of Topliss-reactive ketones (excluding diaryl/α,β-unsaturated/α-hetero) is 1. The molecule has 2 rings (SSSR count). The normalized spacial score (nSPS) is 9.67. The molecule has 0 bridgehead atoms. The van der Waals surface area contributed by atoms with E-state index in [4.69, 9.17) is 4.74 Å². The molecule has 0 spiro atoms. The van der Waals surface area contributed by atoms with Gasteiger partial charge in [0.15, 0.2) is 12.6 Å². The van der Waals surface area contributed by atoms with Crippen LogP contribution in [0.5, 0.6) is 5.75 Å². The maximum absolute atomic E-state index is 11.8. The lowest BCUT2D eigenvalue weighted by molar-refractivity contribution is -0.109. The predicted molar refractivity (Wildman–Crippen MR) is 83.3 cm³/mol. The maximum atomic E-state index is 11.8. The monoisotopic (exact) mass is 307 g/mol. The van der Waals surface area contributed by atoms with Crippen LogP contribution in [0.1, 0.15) is 22.2 Å². The highest BCUT2D eigenvalue weighted by Crippen LogP contribution is 2.37. The lowest BCUT2D eigenvalue weighted by atomic mass is 10.1. The number of carbonyl (C=O) groups excluding carboxylic acids is 3. The van der Waals surface area contributed by atoms with E-state index in [-0.39, 0.29) is 6.61 Å². The van der Waals surface area contributed by atoms with E-state index in [9.17, 15) is 14.4 Å². The maximum Gasteiger partial charge on any atom is 0.227 e. The van der Waals surface area contributed by atoms with Gasteiger partial charge >= 0.3 is 0 Å². The summed E-state index contributed by atoms with van der Waals surface area (Å²) in [5, 5.41) is 0.628. The molecule has 0 amide bonds. The number of benzene rings is 1. The van der Waals surface area contributed by atoms with Crippen molar-refractivity contribution in [3.05, 3.63) is 28.6 Å². The van der Waals surface area contributed by atoms with E-state index >= 15 is 0 Å². The van der Waals surface area contributed by atoms with Gasteiger partial charge in [-0.3, -0.25) is 14.4 Å². The highest BCUT2D eigenvalue weighted by atomic mass is 32.1. The molecule has 0 radical (unpaired) electrons. The summed E-state index contributed by atoms with van der Waals surface area (Å²) in [6.07, 6.45) is 1.63. The van der Waals surface area contributed by atoms with Gasteiger partial charge in [-0.05, 0) is 25.6 Å². The SMILES string of the molecule is CCc1sc2cccc(OCC=O)c2c1C(=O)C=O.CN. The third-order valence-electron chi connectivity index (χ3n) is 2.73. The van der Waals surface area contributed by atoms with Gasteiger partial charge in [0.2, 0.25) is 5.78 Å². The molecular weight excluding hydrogens is 290 g/mol. The predicted octanol–water partition coefficient (Wildman–Crippen LogP) is 2.00. The Hall–Kier alpha value is -2.05. The van der Waals surface area contributed by atoms with Crippen molar-refractivity contribution in [2.75, 3.05) is 13.7 Å². The molecule has 1 aromatic carbocycles.